The lowest BCUT2D eigenvalue weighted by atomic mass is 9.86. The molecule has 1 heterocycles. The van der Waals surface area contributed by atoms with Crippen molar-refractivity contribution in [2.75, 3.05) is 4.90 Å². The van der Waals surface area contributed by atoms with Crippen molar-refractivity contribution in [3.8, 4) is 0 Å². The highest BCUT2D eigenvalue weighted by Gasteiger charge is 2.36. The van der Waals surface area contributed by atoms with Crippen LogP contribution in [0.3, 0.4) is 0 Å². The predicted molar refractivity (Wildman–Crippen MR) is 94.1 cm³/mol. The van der Waals surface area contributed by atoms with Crippen LogP contribution in [0.15, 0.2) is 48.5 Å². The van der Waals surface area contributed by atoms with Gasteiger partial charge in [0.25, 0.3) is 0 Å². The Hall–Kier alpha value is -1.84. The molecule has 0 spiro atoms. The molecule has 2 aromatic rings. The summed E-state index contributed by atoms with van der Waals surface area (Å²) >= 11 is 0. The fraction of sp³-hybridized carbons (Fsp3) is 0.400. The molecule has 1 aliphatic heterocycles. The van der Waals surface area contributed by atoms with Crippen molar-refractivity contribution in [3.05, 3.63) is 59.7 Å². The SMILES string of the molecule is N[C@H]1CCC[C@H](N2c3ccccc3CCc3ccccc32)[C@@H]1O. The number of aryl methyl sites for hydroxylation is 2. The van der Waals surface area contributed by atoms with Crippen LogP contribution >= 0.6 is 0 Å². The van der Waals surface area contributed by atoms with Gasteiger partial charge in [-0.05, 0) is 55.4 Å². The lowest BCUT2D eigenvalue weighted by Crippen LogP contribution is -2.53. The topological polar surface area (TPSA) is 49.5 Å². The summed E-state index contributed by atoms with van der Waals surface area (Å²) in [5, 5.41) is 10.8. The van der Waals surface area contributed by atoms with Gasteiger partial charge in [-0.25, -0.2) is 0 Å². The van der Waals surface area contributed by atoms with Gasteiger partial charge in [-0.1, -0.05) is 36.4 Å². The summed E-state index contributed by atoms with van der Waals surface area (Å²) < 4.78 is 0. The van der Waals surface area contributed by atoms with E-state index >= 15 is 0 Å². The Morgan fingerprint density at radius 3 is 2.04 bits per heavy atom. The van der Waals surface area contributed by atoms with E-state index in [0.717, 1.165) is 32.1 Å². The lowest BCUT2D eigenvalue weighted by Gasteiger charge is -2.42. The smallest absolute Gasteiger partial charge is 0.0897 e. The van der Waals surface area contributed by atoms with Crippen LogP contribution in [0.25, 0.3) is 0 Å². The molecule has 0 aromatic heterocycles. The average molecular weight is 308 g/mol. The van der Waals surface area contributed by atoms with Gasteiger partial charge in [0.2, 0.25) is 0 Å². The third kappa shape index (κ3) is 2.54. The van der Waals surface area contributed by atoms with Gasteiger partial charge in [0.05, 0.1) is 12.1 Å². The first kappa shape index (κ1) is 14.7. The van der Waals surface area contributed by atoms with Gasteiger partial charge in [0.1, 0.15) is 0 Å². The number of hydrogen-bond donors (Lipinski definition) is 2. The number of nitrogens with two attached hydrogens (primary N) is 1. The summed E-state index contributed by atoms with van der Waals surface area (Å²) in [5.74, 6) is 0. The zero-order valence-electron chi connectivity index (χ0n) is 13.4. The van der Waals surface area contributed by atoms with Crippen molar-refractivity contribution in [1.82, 2.24) is 0 Å². The van der Waals surface area contributed by atoms with E-state index in [0.29, 0.717) is 0 Å². The van der Waals surface area contributed by atoms with E-state index in [9.17, 15) is 5.11 Å². The minimum absolute atomic E-state index is 0.0548. The molecule has 4 rings (SSSR count). The summed E-state index contributed by atoms with van der Waals surface area (Å²) in [5.41, 5.74) is 11.4. The second-order valence-electron chi connectivity index (χ2n) is 6.78. The molecule has 3 atom stereocenters. The molecule has 2 aromatic carbocycles. The Morgan fingerprint density at radius 2 is 1.43 bits per heavy atom. The fourth-order valence-electron chi connectivity index (χ4n) is 4.14. The van der Waals surface area contributed by atoms with E-state index in [2.05, 4.69) is 53.4 Å². The first-order valence-electron chi connectivity index (χ1n) is 8.64. The van der Waals surface area contributed by atoms with Crippen LogP contribution in [0, 0.1) is 0 Å². The number of fused-ring (bicyclic) bond motifs is 2. The number of aliphatic hydroxyl groups is 1. The second-order valence-corrected chi connectivity index (χ2v) is 6.78. The molecule has 1 saturated carbocycles. The molecular weight excluding hydrogens is 284 g/mol. The Balaban J connectivity index is 1.86. The zero-order chi connectivity index (χ0) is 15.8. The quantitative estimate of drug-likeness (QED) is 0.851. The molecule has 0 unspecified atom stereocenters. The fourth-order valence-corrected chi connectivity index (χ4v) is 4.14. The van der Waals surface area contributed by atoms with Crippen LogP contribution in [0.4, 0.5) is 11.4 Å². The molecule has 23 heavy (non-hydrogen) atoms. The van der Waals surface area contributed by atoms with E-state index in [4.69, 9.17) is 5.73 Å². The maximum absolute atomic E-state index is 10.8. The lowest BCUT2D eigenvalue weighted by molar-refractivity contribution is 0.0878. The number of hydrogen-bond acceptors (Lipinski definition) is 3. The zero-order valence-corrected chi connectivity index (χ0v) is 13.4. The number of anilines is 2. The van der Waals surface area contributed by atoms with Crippen molar-refractivity contribution < 1.29 is 5.11 Å². The van der Waals surface area contributed by atoms with Crippen LogP contribution in [-0.4, -0.2) is 23.3 Å². The molecule has 0 radical (unpaired) electrons. The maximum atomic E-state index is 10.8. The van der Waals surface area contributed by atoms with E-state index in [1.54, 1.807) is 0 Å². The molecule has 0 bridgehead atoms. The molecule has 1 fully saturated rings. The molecule has 3 heteroatoms. The maximum Gasteiger partial charge on any atom is 0.0897 e. The van der Waals surface area contributed by atoms with Crippen molar-refractivity contribution >= 4 is 11.4 Å². The van der Waals surface area contributed by atoms with Gasteiger partial charge in [0.15, 0.2) is 0 Å². The standard InChI is InChI=1S/C20H24N2O/c21-16-8-5-11-19(20(16)23)22-17-9-3-1-6-14(17)12-13-15-7-2-4-10-18(15)22/h1-4,6-7,9-10,16,19-20,23H,5,8,11-13,21H2/t16-,19-,20+/m0/s1. The van der Waals surface area contributed by atoms with Gasteiger partial charge in [-0.3, -0.25) is 0 Å². The van der Waals surface area contributed by atoms with Crippen LogP contribution < -0.4 is 10.6 Å². The molecule has 120 valence electrons. The molecule has 1 aliphatic carbocycles. The van der Waals surface area contributed by atoms with Crippen LogP contribution in [-0.2, 0) is 12.8 Å². The summed E-state index contributed by atoms with van der Waals surface area (Å²) in [7, 11) is 0. The number of rotatable bonds is 1. The third-order valence-electron chi connectivity index (χ3n) is 5.37. The highest BCUT2D eigenvalue weighted by atomic mass is 16.3. The highest BCUT2D eigenvalue weighted by Crippen LogP contribution is 2.40. The van der Waals surface area contributed by atoms with E-state index < -0.39 is 6.10 Å². The van der Waals surface area contributed by atoms with Gasteiger partial charge < -0.3 is 15.7 Å². The Morgan fingerprint density at radius 1 is 0.870 bits per heavy atom. The summed E-state index contributed by atoms with van der Waals surface area (Å²) in [4.78, 5) is 2.36. The van der Waals surface area contributed by atoms with Crippen molar-refractivity contribution in [3.63, 3.8) is 0 Å². The normalized spacial score (nSPS) is 27.0. The summed E-state index contributed by atoms with van der Waals surface area (Å²) in [6.45, 7) is 0. The van der Waals surface area contributed by atoms with Crippen molar-refractivity contribution in [2.24, 2.45) is 5.73 Å². The van der Waals surface area contributed by atoms with Gasteiger partial charge >= 0.3 is 0 Å². The third-order valence-corrected chi connectivity index (χ3v) is 5.37. The largest absolute Gasteiger partial charge is 0.389 e. The number of benzene rings is 2. The van der Waals surface area contributed by atoms with Gasteiger partial charge in [-0.15, -0.1) is 0 Å². The number of nitrogens with zero attached hydrogens (tertiary/aromatic N) is 1. The molecule has 3 N–H and O–H groups in total. The molecule has 0 amide bonds. The van der Waals surface area contributed by atoms with Crippen LogP contribution in [0.2, 0.25) is 0 Å². The van der Waals surface area contributed by atoms with Crippen LogP contribution in [0.5, 0.6) is 0 Å². The molecule has 2 aliphatic rings. The molecular formula is C20H24N2O. The second kappa shape index (κ2) is 5.99. The summed E-state index contributed by atoms with van der Waals surface area (Å²) in [6.07, 6.45) is 4.57. The highest BCUT2D eigenvalue weighted by molar-refractivity contribution is 5.72. The minimum atomic E-state index is -0.483. The molecule has 3 nitrogen and oxygen atoms in total. The number of aliphatic hydroxyl groups excluding tert-OH is 1. The van der Waals surface area contributed by atoms with E-state index in [-0.39, 0.29) is 12.1 Å². The predicted octanol–water partition coefficient (Wildman–Crippen LogP) is 3.16. The Bertz CT molecular complexity index is 652. The van der Waals surface area contributed by atoms with Crippen molar-refractivity contribution in [1.29, 1.82) is 0 Å². The van der Waals surface area contributed by atoms with Gasteiger partial charge in [0, 0.05) is 17.4 Å². The minimum Gasteiger partial charge on any atom is -0.389 e. The Labute approximate surface area is 137 Å². The van der Waals surface area contributed by atoms with Crippen LogP contribution in [0.1, 0.15) is 30.4 Å². The first-order valence-corrected chi connectivity index (χ1v) is 8.64. The van der Waals surface area contributed by atoms with Crippen molar-refractivity contribution in [2.45, 2.75) is 50.3 Å². The Kier molecular flexibility index (Phi) is 3.83. The monoisotopic (exact) mass is 308 g/mol. The average Bonchev–Trinajstić information content (AvgIpc) is 2.75. The molecule has 0 saturated heterocycles. The van der Waals surface area contributed by atoms with E-state index in [1.807, 2.05) is 0 Å². The van der Waals surface area contributed by atoms with Gasteiger partial charge in [-0.2, -0.15) is 0 Å². The number of para-hydroxylation sites is 2. The summed E-state index contributed by atoms with van der Waals surface area (Å²) in [6, 6.07) is 17.1. The van der Waals surface area contributed by atoms with E-state index in [1.165, 1.54) is 22.5 Å². The first-order chi connectivity index (χ1) is 11.3.